The average molecular weight is 555 g/mol. The summed E-state index contributed by atoms with van der Waals surface area (Å²) in [5.41, 5.74) is 0.835. The van der Waals surface area contributed by atoms with Crippen molar-refractivity contribution in [3.63, 3.8) is 0 Å². The number of carbonyl (C=O) groups is 3. The Hall–Kier alpha value is -3.81. The second kappa shape index (κ2) is 14.0. The molecule has 2 rings (SSSR count). The van der Waals surface area contributed by atoms with Gasteiger partial charge in [0.15, 0.2) is 5.78 Å². The number of hydrogen-bond donors (Lipinski definition) is 0. The molecule has 0 bridgehead atoms. The van der Waals surface area contributed by atoms with Gasteiger partial charge in [-0.15, -0.1) is 0 Å². The highest BCUT2D eigenvalue weighted by Gasteiger charge is 2.24. The summed E-state index contributed by atoms with van der Waals surface area (Å²) < 4.78 is 27.5. The Morgan fingerprint density at radius 2 is 1.32 bits per heavy atom. The van der Waals surface area contributed by atoms with Gasteiger partial charge < -0.3 is 23.7 Å². The maximum absolute atomic E-state index is 12.9. The topological polar surface area (TPSA) is 97.4 Å². The predicted molar refractivity (Wildman–Crippen MR) is 154 cm³/mol. The van der Waals surface area contributed by atoms with Gasteiger partial charge in [-0.1, -0.05) is 13.8 Å². The highest BCUT2D eigenvalue weighted by molar-refractivity contribution is 6.07. The zero-order valence-corrected chi connectivity index (χ0v) is 25.1. The minimum absolute atomic E-state index is 0.0991. The highest BCUT2D eigenvalue weighted by atomic mass is 16.7. The average Bonchev–Trinajstić information content (AvgIpc) is 2.87. The lowest BCUT2D eigenvalue weighted by atomic mass is 9.97. The molecule has 8 nitrogen and oxygen atoms in total. The Kier molecular flexibility index (Phi) is 11.3. The van der Waals surface area contributed by atoms with Gasteiger partial charge in [0.2, 0.25) is 13.6 Å². The Labute approximate surface area is 237 Å². The monoisotopic (exact) mass is 554 g/mol. The van der Waals surface area contributed by atoms with Crippen LogP contribution in [0.25, 0.3) is 6.08 Å². The number of carbonyl (C=O) groups excluding carboxylic acids is 3. The molecular weight excluding hydrogens is 512 g/mol. The zero-order chi connectivity index (χ0) is 30.1. The minimum atomic E-state index is -0.629. The molecule has 0 aromatic heterocycles. The number of benzene rings is 2. The standard InChI is InChI=1S/C32H42O8/c1-10-36-27-18-28(38-20-40-30(35)32(7,8)9)25(21(2)3)17-23(27)13-16-26(33)22-11-14-24(15-12-22)37-19-39-29(34)31(4,5)6/h11-18,21H,10,19-20H2,1-9H3/b16-13+. The van der Waals surface area contributed by atoms with Crippen LogP contribution in [0, 0.1) is 10.8 Å². The van der Waals surface area contributed by atoms with E-state index in [9.17, 15) is 14.4 Å². The lowest BCUT2D eigenvalue weighted by Crippen LogP contribution is -2.24. The number of ether oxygens (including phenoxy) is 5. The Bertz CT molecular complexity index is 1200. The second-order valence-electron chi connectivity index (χ2n) is 11.6. The van der Waals surface area contributed by atoms with Crippen molar-refractivity contribution in [3.05, 3.63) is 59.2 Å². The van der Waals surface area contributed by atoms with E-state index in [-0.39, 0.29) is 37.2 Å². The Balaban J connectivity index is 2.15. The lowest BCUT2D eigenvalue weighted by Gasteiger charge is -2.20. The summed E-state index contributed by atoms with van der Waals surface area (Å²) in [6.07, 6.45) is 3.19. The van der Waals surface area contributed by atoms with E-state index in [4.69, 9.17) is 23.7 Å². The fraction of sp³-hybridized carbons (Fsp3) is 0.469. The molecule has 0 unspecified atom stereocenters. The van der Waals surface area contributed by atoms with Crippen LogP contribution in [0.15, 0.2) is 42.5 Å². The molecular formula is C32H42O8. The van der Waals surface area contributed by atoms with Crippen molar-refractivity contribution >= 4 is 23.8 Å². The molecule has 0 saturated heterocycles. The molecule has 0 saturated carbocycles. The van der Waals surface area contributed by atoms with Crippen molar-refractivity contribution in [2.24, 2.45) is 10.8 Å². The second-order valence-corrected chi connectivity index (χ2v) is 11.6. The normalized spacial score (nSPS) is 11.8. The van der Waals surface area contributed by atoms with Gasteiger partial charge in [0.25, 0.3) is 0 Å². The molecule has 0 aliphatic carbocycles. The fourth-order valence-corrected chi connectivity index (χ4v) is 3.29. The van der Waals surface area contributed by atoms with E-state index in [1.165, 1.54) is 6.08 Å². The number of hydrogen-bond acceptors (Lipinski definition) is 8. The van der Waals surface area contributed by atoms with Crippen LogP contribution >= 0.6 is 0 Å². The van der Waals surface area contributed by atoms with Crippen LogP contribution in [-0.4, -0.2) is 37.9 Å². The molecule has 0 atom stereocenters. The van der Waals surface area contributed by atoms with Crippen molar-refractivity contribution in [1.82, 2.24) is 0 Å². The Morgan fingerprint density at radius 3 is 1.82 bits per heavy atom. The molecule has 8 heteroatoms. The van der Waals surface area contributed by atoms with Crippen molar-refractivity contribution in [2.75, 3.05) is 20.2 Å². The first-order chi connectivity index (χ1) is 18.6. The van der Waals surface area contributed by atoms with Gasteiger partial charge in [-0.05, 0) is 102 Å². The maximum atomic E-state index is 12.9. The van der Waals surface area contributed by atoms with Crippen LogP contribution in [0.3, 0.4) is 0 Å². The van der Waals surface area contributed by atoms with Crippen molar-refractivity contribution < 1.29 is 38.1 Å². The minimum Gasteiger partial charge on any atom is -0.493 e. The van der Waals surface area contributed by atoms with Crippen LogP contribution in [0.4, 0.5) is 0 Å². The van der Waals surface area contributed by atoms with Crippen molar-refractivity contribution in [1.29, 1.82) is 0 Å². The first kappa shape index (κ1) is 32.4. The number of esters is 2. The molecule has 0 spiro atoms. The number of ketones is 1. The summed E-state index contributed by atoms with van der Waals surface area (Å²) in [6, 6.07) is 10.3. The number of allylic oxidation sites excluding steroid dienone is 1. The van der Waals surface area contributed by atoms with Gasteiger partial charge in [0.05, 0.1) is 17.4 Å². The van der Waals surface area contributed by atoms with Gasteiger partial charge in [-0.2, -0.15) is 0 Å². The highest BCUT2D eigenvalue weighted by Crippen LogP contribution is 2.35. The number of rotatable bonds is 12. The maximum Gasteiger partial charge on any atom is 0.314 e. The summed E-state index contributed by atoms with van der Waals surface area (Å²) in [5, 5.41) is 0. The van der Waals surface area contributed by atoms with Crippen molar-refractivity contribution in [2.45, 2.75) is 68.2 Å². The van der Waals surface area contributed by atoms with E-state index in [2.05, 4.69) is 0 Å². The fourth-order valence-electron chi connectivity index (χ4n) is 3.29. The van der Waals surface area contributed by atoms with Crippen LogP contribution in [0.1, 0.15) is 89.7 Å². The SMILES string of the molecule is CCOc1cc(OCOC(=O)C(C)(C)C)c(C(C)C)cc1/C=C/C(=O)c1ccc(OCOC(=O)C(C)(C)C)cc1. The molecule has 218 valence electrons. The quantitative estimate of drug-likeness (QED) is 0.120. The Morgan fingerprint density at radius 1 is 0.775 bits per heavy atom. The van der Waals surface area contributed by atoms with Crippen LogP contribution in [0.5, 0.6) is 17.2 Å². The van der Waals surface area contributed by atoms with E-state index in [1.54, 1.807) is 78.0 Å². The molecule has 0 amide bonds. The molecule has 0 N–H and O–H groups in total. The molecule has 0 radical (unpaired) electrons. The van der Waals surface area contributed by atoms with Gasteiger partial charge >= 0.3 is 11.9 Å². The lowest BCUT2D eigenvalue weighted by molar-refractivity contribution is -0.160. The molecule has 0 aliphatic rings. The van der Waals surface area contributed by atoms with E-state index in [1.807, 2.05) is 26.8 Å². The van der Waals surface area contributed by atoms with Crippen LogP contribution < -0.4 is 14.2 Å². The summed E-state index contributed by atoms with van der Waals surface area (Å²) in [5.74, 6) is 0.751. The van der Waals surface area contributed by atoms with Gasteiger partial charge in [0, 0.05) is 17.2 Å². The molecule has 2 aromatic carbocycles. The van der Waals surface area contributed by atoms with Gasteiger partial charge in [0.1, 0.15) is 17.2 Å². The van der Waals surface area contributed by atoms with Gasteiger partial charge in [-0.3, -0.25) is 14.4 Å². The predicted octanol–water partition coefficient (Wildman–Crippen LogP) is 6.96. The van der Waals surface area contributed by atoms with E-state index in [0.29, 0.717) is 29.4 Å². The van der Waals surface area contributed by atoms with E-state index in [0.717, 1.165) is 11.1 Å². The smallest absolute Gasteiger partial charge is 0.314 e. The first-order valence-electron chi connectivity index (χ1n) is 13.4. The van der Waals surface area contributed by atoms with Crippen molar-refractivity contribution in [3.8, 4) is 17.2 Å². The third-order valence-corrected chi connectivity index (χ3v) is 5.66. The molecule has 0 aliphatic heterocycles. The molecule has 0 heterocycles. The third kappa shape index (κ3) is 9.74. The first-order valence-corrected chi connectivity index (χ1v) is 13.4. The van der Waals surface area contributed by atoms with Crippen LogP contribution in [0.2, 0.25) is 0 Å². The largest absolute Gasteiger partial charge is 0.493 e. The molecule has 40 heavy (non-hydrogen) atoms. The summed E-state index contributed by atoms with van der Waals surface area (Å²) in [7, 11) is 0. The summed E-state index contributed by atoms with van der Waals surface area (Å²) >= 11 is 0. The summed E-state index contributed by atoms with van der Waals surface area (Å²) in [6.45, 7) is 16.5. The van der Waals surface area contributed by atoms with E-state index < -0.39 is 10.8 Å². The molecule has 2 aromatic rings. The zero-order valence-electron chi connectivity index (χ0n) is 25.1. The van der Waals surface area contributed by atoms with Crippen LogP contribution in [-0.2, 0) is 19.1 Å². The van der Waals surface area contributed by atoms with E-state index >= 15 is 0 Å². The van der Waals surface area contributed by atoms with Gasteiger partial charge in [-0.25, -0.2) is 0 Å². The molecule has 0 fully saturated rings. The summed E-state index contributed by atoms with van der Waals surface area (Å²) in [4.78, 5) is 36.8. The third-order valence-electron chi connectivity index (χ3n) is 5.66.